The number of aromatic nitrogens is 2. The van der Waals surface area contributed by atoms with Crippen LogP contribution in [0.25, 0.3) is 0 Å². The van der Waals surface area contributed by atoms with E-state index in [0.29, 0.717) is 18.3 Å². The summed E-state index contributed by atoms with van der Waals surface area (Å²) in [5.41, 5.74) is 1.14. The van der Waals surface area contributed by atoms with Crippen LogP contribution in [-0.4, -0.2) is 29.8 Å². The van der Waals surface area contributed by atoms with Gasteiger partial charge in [-0.1, -0.05) is 37.2 Å². The van der Waals surface area contributed by atoms with Gasteiger partial charge in [-0.05, 0) is 12.6 Å². The molecule has 2 aromatic rings. The van der Waals surface area contributed by atoms with Crippen molar-refractivity contribution in [3.8, 4) is 5.75 Å². The van der Waals surface area contributed by atoms with E-state index in [0.717, 1.165) is 24.4 Å². The van der Waals surface area contributed by atoms with E-state index in [1.54, 1.807) is 0 Å². The fraction of sp³-hybridized carbons (Fsp3) is 0.467. The van der Waals surface area contributed by atoms with Gasteiger partial charge in [-0.3, -0.25) is 0 Å². The molecule has 1 aromatic carbocycles. The summed E-state index contributed by atoms with van der Waals surface area (Å²) in [4.78, 5) is 4.55. The molecule has 2 heterocycles. The summed E-state index contributed by atoms with van der Waals surface area (Å²) in [6, 6.07) is 8.02. The smallest absolute Gasteiger partial charge is 0.230 e. The van der Waals surface area contributed by atoms with Crippen LogP contribution in [0.1, 0.15) is 43.0 Å². The van der Waals surface area contributed by atoms with Crippen molar-refractivity contribution in [1.82, 2.24) is 15.5 Å². The van der Waals surface area contributed by atoms with Gasteiger partial charge in [-0.25, -0.2) is 0 Å². The molecule has 2 unspecified atom stereocenters. The Bertz CT molecular complexity index is 582. The van der Waals surface area contributed by atoms with E-state index in [9.17, 15) is 0 Å². The Labute approximate surface area is 118 Å². The second kappa shape index (κ2) is 5.63. The number of nitrogens with zero attached hydrogens (tertiary/aromatic N) is 2. The molecule has 0 amide bonds. The fourth-order valence-corrected chi connectivity index (χ4v) is 2.41. The first-order chi connectivity index (χ1) is 9.79. The van der Waals surface area contributed by atoms with Gasteiger partial charge in [0.05, 0.1) is 5.92 Å². The van der Waals surface area contributed by atoms with Crippen LogP contribution in [0.3, 0.4) is 0 Å². The zero-order valence-corrected chi connectivity index (χ0v) is 11.8. The summed E-state index contributed by atoms with van der Waals surface area (Å²) in [6.07, 6.45) is 0. The minimum Gasteiger partial charge on any atom is -0.492 e. The van der Waals surface area contributed by atoms with Crippen LogP contribution in [-0.2, 0) is 0 Å². The summed E-state index contributed by atoms with van der Waals surface area (Å²) in [7, 11) is 0. The molecule has 1 aliphatic rings. The van der Waals surface area contributed by atoms with Crippen molar-refractivity contribution >= 4 is 0 Å². The maximum atomic E-state index is 5.67. The quantitative estimate of drug-likeness (QED) is 0.905. The van der Waals surface area contributed by atoms with Gasteiger partial charge in [0.1, 0.15) is 12.4 Å². The second-order valence-electron chi connectivity index (χ2n) is 5.10. The van der Waals surface area contributed by atoms with Crippen molar-refractivity contribution in [1.29, 1.82) is 0 Å². The van der Waals surface area contributed by atoms with Crippen LogP contribution < -0.4 is 10.1 Å². The van der Waals surface area contributed by atoms with Gasteiger partial charge >= 0.3 is 0 Å². The molecule has 1 aromatic heterocycles. The molecule has 0 saturated carbocycles. The number of hydrogen-bond donors (Lipinski definition) is 1. The highest BCUT2D eigenvalue weighted by atomic mass is 16.5. The lowest BCUT2D eigenvalue weighted by atomic mass is 10.0. The van der Waals surface area contributed by atoms with E-state index >= 15 is 0 Å². The average molecular weight is 273 g/mol. The molecule has 5 nitrogen and oxygen atoms in total. The Hall–Kier alpha value is -1.88. The molecule has 3 rings (SSSR count). The molecule has 0 spiro atoms. The van der Waals surface area contributed by atoms with Gasteiger partial charge in [0.2, 0.25) is 5.89 Å². The molecule has 1 aliphatic heterocycles. The minimum absolute atomic E-state index is 0.0787. The van der Waals surface area contributed by atoms with Gasteiger partial charge in [0, 0.05) is 18.0 Å². The Morgan fingerprint density at radius 1 is 1.40 bits per heavy atom. The van der Waals surface area contributed by atoms with Crippen molar-refractivity contribution in [2.75, 3.05) is 19.7 Å². The first-order valence-electron chi connectivity index (χ1n) is 7.05. The van der Waals surface area contributed by atoms with Crippen LogP contribution in [0.5, 0.6) is 5.75 Å². The van der Waals surface area contributed by atoms with Crippen molar-refractivity contribution in [2.24, 2.45) is 0 Å². The van der Waals surface area contributed by atoms with Crippen molar-refractivity contribution < 1.29 is 9.26 Å². The van der Waals surface area contributed by atoms with Crippen LogP contribution in [0, 0.1) is 0 Å². The summed E-state index contributed by atoms with van der Waals surface area (Å²) in [6.45, 7) is 6.53. The third-order valence-electron chi connectivity index (χ3n) is 3.59. The number of fused-ring (bicyclic) bond motifs is 1. The van der Waals surface area contributed by atoms with E-state index in [1.807, 2.05) is 18.2 Å². The maximum absolute atomic E-state index is 5.67. The Kier molecular flexibility index (Phi) is 3.69. The van der Waals surface area contributed by atoms with E-state index in [2.05, 4.69) is 35.4 Å². The molecular weight excluding hydrogens is 254 g/mol. The van der Waals surface area contributed by atoms with Crippen molar-refractivity contribution in [3.05, 3.63) is 41.5 Å². The summed E-state index contributed by atoms with van der Waals surface area (Å²) in [5, 5.41) is 7.42. The third kappa shape index (κ3) is 2.41. The number of ether oxygens (including phenoxy) is 1. The van der Waals surface area contributed by atoms with E-state index in [4.69, 9.17) is 9.26 Å². The molecule has 0 aliphatic carbocycles. The van der Waals surface area contributed by atoms with Gasteiger partial charge in [0.25, 0.3) is 0 Å². The first-order valence-corrected chi connectivity index (χ1v) is 7.05. The van der Waals surface area contributed by atoms with Gasteiger partial charge in [0.15, 0.2) is 5.82 Å². The normalized spacial score (nSPS) is 18.6. The Morgan fingerprint density at radius 3 is 3.10 bits per heavy atom. The molecule has 0 fully saturated rings. The second-order valence-corrected chi connectivity index (χ2v) is 5.10. The number of benzene rings is 1. The lowest BCUT2D eigenvalue weighted by molar-refractivity contribution is 0.328. The molecule has 0 saturated heterocycles. The van der Waals surface area contributed by atoms with E-state index in [1.165, 1.54) is 0 Å². The van der Waals surface area contributed by atoms with Crippen LogP contribution in [0.2, 0.25) is 0 Å². The lowest BCUT2D eigenvalue weighted by Gasteiger charge is -2.06. The molecule has 1 N–H and O–H groups in total. The predicted octanol–water partition coefficient (Wildman–Crippen LogP) is 2.31. The molecule has 106 valence electrons. The zero-order chi connectivity index (χ0) is 13.9. The van der Waals surface area contributed by atoms with Crippen molar-refractivity contribution in [3.63, 3.8) is 0 Å². The monoisotopic (exact) mass is 273 g/mol. The highest BCUT2D eigenvalue weighted by Gasteiger charge is 2.29. The molecule has 20 heavy (non-hydrogen) atoms. The summed E-state index contributed by atoms with van der Waals surface area (Å²) < 4.78 is 11.1. The molecule has 2 atom stereocenters. The van der Waals surface area contributed by atoms with Crippen molar-refractivity contribution in [2.45, 2.75) is 25.7 Å². The topological polar surface area (TPSA) is 60.2 Å². The number of hydrogen-bond acceptors (Lipinski definition) is 5. The molecule has 5 heteroatoms. The maximum Gasteiger partial charge on any atom is 0.230 e. The lowest BCUT2D eigenvalue weighted by Crippen LogP contribution is -2.19. The summed E-state index contributed by atoms with van der Waals surface area (Å²) >= 11 is 0. The number of rotatable bonds is 5. The van der Waals surface area contributed by atoms with Gasteiger partial charge < -0.3 is 14.6 Å². The summed E-state index contributed by atoms with van der Waals surface area (Å²) in [5.74, 6) is 2.62. The highest BCUT2D eigenvalue weighted by Crippen LogP contribution is 2.36. The van der Waals surface area contributed by atoms with Gasteiger partial charge in [-0.2, -0.15) is 4.98 Å². The fourth-order valence-electron chi connectivity index (χ4n) is 2.41. The standard InChI is InChI=1S/C15H19N3O2/c1-3-16-8-10(2)15-17-14(18-20-15)12-9-19-13-7-5-4-6-11(12)13/h4-7,10,12,16H,3,8-9H2,1-2H3. The largest absolute Gasteiger partial charge is 0.492 e. The highest BCUT2D eigenvalue weighted by molar-refractivity contribution is 5.42. The molecular formula is C15H19N3O2. The van der Waals surface area contributed by atoms with E-state index in [-0.39, 0.29) is 11.8 Å². The molecule has 0 bridgehead atoms. The minimum atomic E-state index is 0.0787. The Morgan fingerprint density at radius 2 is 2.25 bits per heavy atom. The third-order valence-corrected chi connectivity index (χ3v) is 3.59. The number of para-hydroxylation sites is 1. The van der Waals surface area contributed by atoms with E-state index < -0.39 is 0 Å². The SMILES string of the molecule is CCNCC(C)c1nc(C2COc3ccccc32)no1. The predicted molar refractivity (Wildman–Crippen MR) is 75.0 cm³/mol. The molecule has 0 radical (unpaired) electrons. The van der Waals surface area contributed by atoms with Crippen LogP contribution in [0.15, 0.2) is 28.8 Å². The van der Waals surface area contributed by atoms with Gasteiger partial charge in [-0.15, -0.1) is 0 Å². The number of nitrogens with one attached hydrogen (secondary N) is 1. The number of likely N-dealkylation sites (N-methyl/N-ethyl adjacent to an activating group) is 1. The zero-order valence-electron chi connectivity index (χ0n) is 11.8. The average Bonchev–Trinajstić information content (AvgIpc) is 3.10. The van der Waals surface area contributed by atoms with Crippen LogP contribution in [0.4, 0.5) is 0 Å². The Balaban J connectivity index is 1.78. The van der Waals surface area contributed by atoms with Crippen LogP contribution >= 0.6 is 0 Å². The first kappa shape index (κ1) is 13.1.